The second-order valence-electron chi connectivity index (χ2n) is 5.89. The Kier molecular flexibility index (Phi) is 4.81. The normalized spacial score (nSPS) is 18.3. The average molecular weight is 347 g/mol. The van der Waals surface area contributed by atoms with Crippen molar-refractivity contribution in [3.63, 3.8) is 0 Å². The molecule has 0 spiro atoms. The standard InChI is InChI=1S/C18H23BrN2/c1-2-20-18-6-4-3-5-15-12-21(13-17(15)18)11-14-7-9-16(19)10-8-14/h7-10,12-13,18,20H,2-6,11H2,1H3. The van der Waals surface area contributed by atoms with Gasteiger partial charge in [0.2, 0.25) is 0 Å². The number of hydrogen-bond donors (Lipinski definition) is 1. The van der Waals surface area contributed by atoms with E-state index in [9.17, 15) is 0 Å². The van der Waals surface area contributed by atoms with Crippen LogP contribution in [0.1, 0.15) is 48.9 Å². The van der Waals surface area contributed by atoms with Gasteiger partial charge in [-0.2, -0.15) is 0 Å². The Labute approximate surface area is 135 Å². The summed E-state index contributed by atoms with van der Waals surface area (Å²) in [6, 6.07) is 9.16. The summed E-state index contributed by atoms with van der Waals surface area (Å²) in [6.07, 6.45) is 9.85. The van der Waals surface area contributed by atoms with Crippen molar-refractivity contribution in [3.05, 3.63) is 57.8 Å². The lowest BCUT2D eigenvalue weighted by Crippen LogP contribution is -2.20. The van der Waals surface area contributed by atoms with E-state index in [0.717, 1.165) is 17.6 Å². The monoisotopic (exact) mass is 346 g/mol. The maximum atomic E-state index is 3.65. The van der Waals surface area contributed by atoms with Crippen molar-refractivity contribution in [1.29, 1.82) is 0 Å². The van der Waals surface area contributed by atoms with Gasteiger partial charge in [0.1, 0.15) is 0 Å². The predicted molar refractivity (Wildman–Crippen MR) is 91.6 cm³/mol. The Hall–Kier alpha value is -1.06. The Morgan fingerprint density at radius 3 is 2.76 bits per heavy atom. The van der Waals surface area contributed by atoms with Crippen molar-refractivity contribution in [1.82, 2.24) is 9.88 Å². The smallest absolute Gasteiger partial charge is 0.0470 e. The van der Waals surface area contributed by atoms with Crippen molar-refractivity contribution < 1.29 is 0 Å². The minimum Gasteiger partial charge on any atom is -0.349 e. The Morgan fingerprint density at radius 2 is 2.00 bits per heavy atom. The largest absolute Gasteiger partial charge is 0.349 e. The van der Waals surface area contributed by atoms with E-state index >= 15 is 0 Å². The van der Waals surface area contributed by atoms with Gasteiger partial charge in [0.15, 0.2) is 0 Å². The zero-order valence-electron chi connectivity index (χ0n) is 12.6. The van der Waals surface area contributed by atoms with Crippen molar-refractivity contribution >= 4 is 15.9 Å². The zero-order valence-corrected chi connectivity index (χ0v) is 14.2. The van der Waals surface area contributed by atoms with E-state index in [0.29, 0.717) is 6.04 Å². The van der Waals surface area contributed by atoms with Crippen LogP contribution in [0.2, 0.25) is 0 Å². The Balaban J connectivity index is 1.81. The van der Waals surface area contributed by atoms with Gasteiger partial charge in [-0.1, -0.05) is 41.4 Å². The predicted octanol–water partition coefficient (Wildman–Crippen LogP) is 4.68. The lowest BCUT2D eigenvalue weighted by Gasteiger charge is -2.15. The lowest BCUT2D eigenvalue weighted by molar-refractivity contribution is 0.502. The molecular formula is C18H23BrN2. The number of benzene rings is 1. The highest BCUT2D eigenvalue weighted by molar-refractivity contribution is 9.10. The van der Waals surface area contributed by atoms with E-state index in [1.807, 2.05) is 0 Å². The van der Waals surface area contributed by atoms with Crippen LogP contribution in [0, 0.1) is 0 Å². The Morgan fingerprint density at radius 1 is 1.19 bits per heavy atom. The van der Waals surface area contributed by atoms with Crippen molar-refractivity contribution in [2.75, 3.05) is 6.54 Å². The van der Waals surface area contributed by atoms with Crippen LogP contribution in [0.4, 0.5) is 0 Å². The van der Waals surface area contributed by atoms with Crippen LogP contribution in [0.15, 0.2) is 41.1 Å². The third kappa shape index (κ3) is 3.58. The summed E-state index contributed by atoms with van der Waals surface area (Å²) in [6.45, 7) is 4.20. The second-order valence-corrected chi connectivity index (χ2v) is 6.81. The van der Waals surface area contributed by atoms with Crippen molar-refractivity contribution in [2.24, 2.45) is 0 Å². The summed E-state index contributed by atoms with van der Waals surface area (Å²) < 4.78 is 3.49. The van der Waals surface area contributed by atoms with E-state index in [1.54, 1.807) is 0 Å². The summed E-state index contributed by atoms with van der Waals surface area (Å²) >= 11 is 3.50. The molecule has 1 aromatic carbocycles. The molecule has 2 nitrogen and oxygen atoms in total. The van der Waals surface area contributed by atoms with E-state index in [1.165, 1.54) is 42.4 Å². The van der Waals surface area contributed by atoms with Gasteiger partial charge < -0.3 is 9.88 Å². The number of halogens is 1. The number of fused-ring (bicyclic) bond motifs is 1. The fraction of sp³-hybridized carbons (Fsp3) is 0.444. The molecule has 1 atom stereocenters. The van der Waals surface area contributed by atoms with E-state index in [4.69, 9.17) is 0 Å². The molecule has 1 aliphatic carbocycles. The van der Waals surface area contributed by atoms with Gasteiger partial charge in [0, 0.05) is 29.5 Å². The number of aromatic nitrogens is 1. The van der Waals surface area contributed by atoms with Crippen LogP contribution in [-0.4, -0.2) is 11.1 Å². The lowest BCUT2D eigenvalue weighted by atomic mass is 10.0. The van der Waals surface area contributed by atoms with Gasteiger partial charge >= 0.3 is 0 Å². The summed E-state index contributed by atoms with van der Waals surface area (Å²) in [5.41, 5.74) is 4.41. The molecule has 0 saturated heterocycles. The topological polar surface area (TPSA) is 17.0 Å². The van der Waals surface area contributed by atoms with Crippen LogP contribution in [-0.2, 0) is 13.0 Å². The molecule has 0 radical (unpaired) electrons. The number of hydrogen-bond acceptors (Lipinski definition) is 1. The molecule has 21 heavy (non-hydrogen) atoms. The Bertz CT molecular complexity index is 586. The molecule has 1 heterocycles. The summed E-state index contributed by atoms with van der Waals surface area (Å²) in [5, 5.41) is 3.65. The first kappa shape index (κ1) is 14.9. The fourth-order valence-corrected chi connectivity index (χ4v) is 3.53. The third-order valence-electron chi connectivity index (χ3n) is 4.29. The molecule has 0 amide bonds. The van der Waals surface area contributed by atoms with Crippen molar-refractivity contribution in [2.45, 2.75) is 45.2 Å². The quantitative estimate of drug-likeness (QED) is 0.795. The first-order valence-electron chi connectivity index (χ1n) is 7.92. The van der Waals surface area contributed by atoms with Gasteiger partial charge in [-0.05, 0) is 54.6 Å². The molecule has 1 N–H and O–H groups in total. The highest BCUT2D eigenvalue weighted by Crippen LogP contribution is 2.29. The van der Waals surface area contributed by atoms with Gasteiger partial charge in [-0.3, -0.25) is 0 Å². The van der Waals surface area contributed by atoms with E-state index in [2.05, 4.69) is 69.4 Å². The summed E-state index contributed by atoms with van der Waals surface area (Å²) in [7, 11) is 0. The zero-order chi connectivity index (χ0) is 14.7. The molecule has 0 fully saturated rings. The van der Waals surface area contributed by atoms with Gasteiger partial charge in [0.05, 0.1) is 0 Å². The summed E-state index contributed by atoms with van der Waals surface area (Å²) in [5.74, 6) is 0. The molecule has 0 bridgehead atoms. The van der Waals surface area contributed by atoms with Crippen LogP contribution >= 0.6 is 15.9 Å². The molecule has 2 aromatic rings. The maximum Gasteiger partial charge on any atom is 0.0470 e. The molecule has 0 saturated carbocycles. The van der Waals surface area contributed by atoms with Crippen LogP contribution in [0.25, 0.3) is 0 Å². The molecule has 112 valence electrons. The highest BCUT2D eigenvalue weighted by Gasteiger charge is 2.19. The molecular weight excluding hydrogens is 324 g/mol. The van der Waals surface area contributed by atoms with Crippen LogP contribution < -0.4 is 5.32 Å². The molecule has 3 heteroatoms. The minimum absolute atomic E-state index is 0.540. The molecule has 1 aliphatic rings. The number of rotatable bonds is 4. The molecule has 1 unspecified atom stereocenters. The maximum absolute atomic E-state index is 3.65. The third-order valence-corrected chi connectivity index (χ3v) is 4.82. The molecule has 0 aliphatic heterocycles. The molecule has 3 rings (SSSR count). The van der Waals surface area contributed by atoms with E-state index in [-0.39, 0.29) is 0 Å². The molecule has 1 aromatic heterocycles. The first-order valence-corrected chi connectivity index (χ1v) is 8.72. The number of nitrogens with zero attached hydrogens (tertiary/aromatic N) is 1. The average Bonchev–Trinajstić information content (AvgIpc) is 2.79. The number of nitrogens with one attached hydrogen (secondary N) is 1. The van der Waals surface area contributed by atoms with Crippen LogP contribution in [0.3, 0.4) is 0 Å². The van der Waals surface area contributed by atoms with Crippen LogP contribution in [0.5, 0.6) is 0 Å². The second kappa shape index (κ2) is 6.80. The van der Waals surface area contributed by atoms with Crippen molar-refractivity contribution in [3.8, 4) is 0 Å². The summed E-state index contributed by atoms with van der Waals surface area (Å²) in [4.78, 5) is 0. The van der Waals surface area contributed by atoms with Gasteiger partial charge in [0.25, 0.3) is 0 Å². The SMILES string of the molecule is CCNC1CCCCc2cn(Cc3ccc(Br)cc3)cc21. The van der Waals surface area contributed by atoms with Gasteiger partial charge in [-0.15, -0.1) is 0 Å². The number of aryl methyl sites for hydroxylation is 1. The fourth-order valence-electron chi connectivity index (χ4n) is 3.27. The first-order chi connectivity index (χ1) is 10.3. The van der Waals surface area contributed by atoms with Gasteiger partial charge in [-0.25, -0.2) is 0 Å². The minimum atomic E-state index is 0.540. The highest BCUT2D eigenvalue weighted by atomic mass is 79.9. The van der Waals surface area contributed by atoms with E-state index < -0.39 is 0 Å².